The van der Waals surface area contributed by atoms with Crippen LogP contribution in [0, 0.1) is 0 Å². The number of ketones is 1. The Balaban J connectivity index is 2.44. The summed E-state index contributed by atoms with van der Waals surface area (Å²) in [6.07, 6.45) is 0. The average Bonchev–Trinajstić information content (AvgIpc) is 2.59. The minimum absolute atomic E-state index is 0.00992. The summed E-state index contributed by atoms with van der Waals surface area (Å²) in [5, 5.41) is 0. The number of carbonyl (C=O) groups is 2. The van der Waals surface area contributed by atoms with E-state index in [-0.39, 0.29) is 22.8 Å². The molecule has 0 N–H and O–H groups in total. The van der Waals surface area contributed by atoms with Gasteiger partial charge >= 0.3 is 5.97 Å². The van der Waals surface area contributed by atoms with Gasteiger partial charge in [0.15, 0.2) is 5.78 Å². The lowest BCUT2D eigenvalue weighted by Gasteiger charge is -2.30. The number of hydrogen-bond donors (Lipinski definition) is 0. The van der Waals surface area contributed by atoms with Crippen molar-refractivity contribution in [2.45, 2.75) is 11.8 Å². The van der Waals surface area contributed by atoms with Crippen molar-refractivity contribution in [3.05, 3.63) is 23.8 Å². The molecule has 1 aromatic carbocycles. The Labute approximate surface area is 147 Å². The lowest BCUT2D eigenvalue weighted by Crippen LogP contribution is -2.37. The minimum Gasteiger partial charge on any atom is -0.454 e. The molecule has 1 aliphatic heterocycles. The first-order valence-corrected chi connectivity index (χ1v) is 9.23. The van der Waals surface area contributed by atoms with Crippen molar-refractivity contribution in [3.63, 3.8) is 0 Å². The molecule has 1 aliphatic rings. The van der Waals surface area contributed by atoms with E-state index in [1.807, 2.05) is 4.90 Å². The Bertz CT molecular complexity index is 754. The summed E-state index contributed by atoms with van der Waals surface area (Å²) in [4.78, 5) is 25.4. The maximum absolute atomic E-state index is 12.4. The van der Waals surface area contributed by atoms with Crippen molar-refractivity contribution < 1.29 is 27.5 Å². The molecule has 0 atom stereocenters. The molecule has 0 amide bonds. The van der Waals surface area contributed by atoms with Gasteiger partial charge in [-0.15, -0.1) is 0 Å². The smallest absolute Gasteiger partial charge is 0.340 e. The molecule has 0 saturated carbocycles. The number of Topliss-reactive ketones (excluding diaryl/α,β-unsaturated/α-hetero) is 1. The lowest BCUT2D eigenvalue weighted by molar-refractivity contribution is -0.120. The van der Waals surface area contributed by atoms with Crippen molar-refractivity contribution in [1.29, 1.82) is 0 Å². The largest absolute Gasteiger partial charge is 0.454 e. The van der Waals surface area contributed by atoms with Crippen molar-refractivity contribution in [1.82, 2.24) is 4.31 Å². The van der Waals surface area contributed by atoms with E-state index in [2.05, 4.69) is 0 Å². The number of anilines is 1. The number of nitrogens with zero attached hydrogens (tertiary/aromatic N) is 2. The van der Waals surface area contributed by atoms with Crippen LogP contribution in [0.15, 0.2) is 23.1 Å². The van der Waals surface area contributed by atoms with Gasteiger partial charge in [-0.2, -0.15) is 0 Å². The van der Waals surface area contributed by atoms with E-state index in [0.29, 0.717) is 32.0 Å². The standard InChI is InChI=1S/C16H22N2O6S/c1-12(19)11-24-16(20)14-10-13(25(21,22)17(2)3)4-5-15(14)18-6-8-23-9-7-18/h4-5,10H,6-9,11H2,1-3H3. The second kappa shape index (κ2) is 7.94. The van der Waals surface area contributed by atoms with Gasteiger partial charge in [0.1, 0.15) is 6.61 Å². The van der Waals surface area contributed by atoms with Gasteiger partial charge < -0.3 is 14.4 Å². The van der Waals surface area contributed by atoms with Crippen molar-refractivity contribution in [2.75, 3.05) is 51.9 Å². The van der Waals surface area contributed by atoms with Crippen molar-refractivity contribution >= 4 is 27.5 Å². The zero-order chi connectivity index (χ0) is 18.6. The summed E-state index contributed by atoms with van der Waals surface area (Å²) in [6.45, 7) is 3.13. The van der Waals surface area contributed by atoms with E-state index in [0.717, 1.165) is 4.31 Å². The van der Waals surface area contributed by atoms with Crippen LogP contribution in [-0.2, 0) is 24.3 Å². The molecular weight excluding hydrogens is 348 g/mol. The molecule has 1 saturated heterocycles. The quantitative estimate of drug-likeness (QED) is 0.674. The molecule has 0 spiro atoms. The highest BCUT2D eigenvalue weighted by Crippen LogP contribution is 2.27. The lowest BCUT2D eigenvalue weighted by atomic mass is 10.1. The van der Waals surface area contributed by atoms with E-state index < -0.39 is 16.0 Å². The van der Waals surface area contributed by atoms with E-state index in [9.17, 15) is 18.0 Å². The molecule has 1 fully saturated rings. The van der Waals surface area contributed by atoms with Crippen LogP contribution in [0.25, 0.3) is 0 Å². The first-order chi connectivity index (χ1) is 11.7. The topological polar surface area (TPSA) is 93.2 Å². The Kier molecular flexibility index (Phi) is 6.15. The second-order valence-electron chi connectivity index (χ2n) is 5.84. The highest BCUT2D eigenvalue weighted by Gasteiger charge is 2.25. The number of hydrogen-bond acceptors (Lipinski definition) is 7. The summed E-state index contributed by atoms with van der Waals surface area (Å²) in [5.41, 5.74) is 0.681. The summed E-state index contributed by atoms with van der Waals surface area (Å²) in [5.74, 6) is -1.02. The summed E-state index contributed by atoms with van der Waals surface area (Å²) < 4.78 is 36.1. The van der Waals surface area contributed by atoms with Crippen LogP contribution in [0.5, 0.6) is 0 Å². The predicted molar refractivity (Wildman–Crippen MR) is 91.3 cm³/mol. The fraction of sp³-hybridized carbons (Fsp3) is 0.500. The molecule has 0 aromatic heterocycles. The summed E-state index contributed by atoms with van der Waals surface area (Å²) in [7, 11) is -0.865. The number of sulfonamides is 1. The zero-order valence-electron chi connectivity index (χ0n) is 14.5. The first-order valence-electron chi connectivity index (χ1n) is 7.79. The van der Waals surface area contributed by atoms with Crippen LogP contribution in [0.1, 0.15) is 17.3 Å². The van der Waals surface area contributed by atoms with Gasteiger partial charge in [0, 0.05) is 27.2 Å². The van der Waals surface area contributed by atoms with E-state index in [1.165, 1.54) is 33.2 Å². The summed E-state index contributed by atoms with van der Waals surface area (Å²) in [6, 6.07) is 4.34. The van der Waals surface area contributed by atoms with Crippen LogP contribution in [0.3, 0.4) is 0 Å². The van der Waals surface area contributed by atoms with Crippen LogP contribution >= 0.6 is 0 Å². The van der Waals surface area contributed by atoms with Crippen molar-refractivity contribution in [3.8, 4) is 0 Å². The molecular formula is C16H22N2O6S. The van der Waals surface area contributed by atoms with E-state index in [4.69, 9.17) is 9.47 Å². The zero-order valence-corrected chi connectivity index (χ0v) is 15.3. The third-order valence-electron chi connectivity index (χ3n) is 3.72. The number of ether oxygens (including phenoxy) is 2. The minimum atomic E-state index is -3.70. The molecule has 138 valence electrons. The van der Waals surface area contributed by atoms with Gasteiger partial charge in [0.2, 0.25) is 10.0 Å². The highest BCUT2D eigenvalue weighted by molar-refractivity contribution is 7.89. The number of benzene rings is 1. The van der Waals surface area contributed by atoms with Crippen LogP contribution in [0.4, 0.5) is 5.69 Å². The molecule has 1 heterocycles. The van der Waals surface area contributed by atoms with Gasteiger partial charge in [-0.05, 0) is 25.1 Å². The third kappa shape index (κ3) is 4.56. The van der Waals surface area contributed by atoms with Gasteiger partial charge in [-0.25, -0.2) is 17.5 Å². The molecule has 0 aliphatic carbocycles. The van der Waals surface area contributed by atoms with E-state index >= 15 is 0 Å². The number of carbonyl (C=O) groups excluding carboxylic acids is 2. The SMILES string of the molecule is CC(=O)COC(=O)c1cc(S(=O)(=O)N(C)C)ccc1N1CCOCC1. The monoisotopic (exact) mass is 370 g/mol. The molecule has 0 bridgehead atoms. The molecule has 0 unspecified atom stereocenters. The molecule has 0 radical (unpaired) electrons. The van der Waals surface area contributed by atoms with E-state index in [1.54, 1.807) is 6.07 Å². The van der Waals surface area contributed by atoms with Crippen LogP contribution in [-0.4, -0.2) is 71.5 Å². The van der Waals surface area contributed by atoms with Crippen LogP contribution < -0.4 is 4.90 Å². The van der Waals surface area contributed by atoms with Gasteiger partial charge in [-0.3, -0.25) is 4.79 Å². The van der Waals surface area contributed by atoms with Gasteiger partial charge in [0.05, 0.1) is 29.4 Å². The second-order valence-corrected chi connectivity index (χ2v) is 8.00. The number of rotatable bonds is 6. The maximum Gasteiger partial charge on any atom is 0.340 e. The fourth-order valence-corrected chi connectivity index (χ4v) is 3.30. The Morgan fingerprint density at radius 3 is 2.44 bits per heavy atom. The molecule has 25 heavy (non-hydrogen) atoms. The molecule has 1 aromatic rings. The number of esters is 1. The predicted octanol–water partition coefficient (Wildman–Crippen LogP) is 0.519. The van der Waals surface area contributed by atoms with Crippen LogP contribution in [0.2, 0.25) is 0 Å². The summed E-state index contributed by atoms with van der Waals surface area (Å²) >= 11 is 0. The van der Waals surface area contributed by atoms with Gasteiger partial charge in [0.25, 0.3) is 0 Å². The average molecular weight is 370 g/mol. The normalized spacial score (nSPS) is 15.3. The maximum atomic E-state index is 12.4. The Hall–Kier alpha value is -1.97. The highest BCUT2D eigenvalue weighted by atomic mass is 32.2. The first kappa shape index (κ1) is 19.4. The molecule has 2 rings (SSSR count). The third-order valence-corrected chi connectivity index (χ3v) is 5.54. The Morgan fingerprint density at radius 1 is 1.24 bits per heavy atom. The fourth-order valence-electron chi connectivity index (χ4n) is 2.37. The van der Waals surface area contributed by atoms with Gasteiger partial charge in [-0.1, -0.05) is 0 Å². The van der Waals surface area contributed by atoms with Crippen molar-refractivity contribution in [2.24, 2.45) is 0 Å². The number of morpholine rings is 1. The molecule has 9 heteroatoms. The molecule has 8 nitrogen and oxygen atoms in total. The Morgan fingerprint density at radius 2 is 1.88 bits per heavy atom.